The minimum Gasteiger partial charge on any atom is -0.272 e. The fraction of sp³-hybridized carbons (Fsp3) is 0.100. The Kier molecular flexibility index (Phi) is 4.13. The molecule has 0 unspecified atom stereocenters. The Bertz CT molecular complexity index is 590. The predicted molar refractivity (Wildman–Crippen MR) is 77.6 cm³/mol. The number of thiocarbonyl (C=S) groups is 1. The zero-order valence-corrected chi connectivity index (χ0v) is 11.7. The lowest BCUT2D eigenvalue weighted by atomic mass is 10.2. The summed E-state index contributed by atoms with van der Waals surface area (Å²) in [7, 11) is 0. The van der Waals surface area contributed by atoms with Crippen LogP contribution in [0.2, 0.25) is 5.02 Å². The van der Waals surface area contributed by atoms with E-state index in [0.29, 0.717) is 14.9 Å². The van der Waals surface area contributed by atoms with Gasteiger partial charge in [-0.25, -0.2) is 0 Å². The van der Waals surface area contributed by atoms with Crippen LogP contribution in [0.5, 0.6) is 0 Å². The lowest BCUT2D eigenvalue weighted by Crippen LogP contribution is -2.22. The number of nitro benzene ring substituents is 1. The lowest BCUT2D eigenvalue weighted by molar-refractivity contribution is -0.384. The number of thioether (sulfide) groups is 1. The van der Waals surface area contributed by atoms with Gasteiger partial charge in [0.2, 0.25) is 0 Å². The van der Waals surface area contributed by atoms with Crippen molar-refractivity contribution < 1.29 is 9.72 Å². The highest BCUT2D eigenvalue weighted by molar-refractivity contribution is 8.23. The average Bonchev–Trinajstić information content (AvgIpc) is 2.68. The van der Waals surface area contributed by atoms with Crippen molar-refractivity contribution in [2.45, 2.75) is 0 Å². The first-order valence-electron chi connectivity index (χ1n) is 4.96. The van der Waals surface area contributed by atoms with E-state index in [2.05, 4.69) is 5.10 Å². The Hall–Kier alpha value is -1.51. The topological polar surface area (TPSA) is 75.8 Å². The van der Waals surface area contributed by atoms with Crippen LogP contribution in [0.25, 0.3) is 0 Å². The minimum absolute atomic E-state index is 0.101. The van der Waals surface area contributed by atoms with E-state index in [1.807, 2.05) is 0 Å². The van der Waals surface area contributed by atoms with Crippen molar-refractivity contribution >= 4 is 57.7 Å². The molecule has 1 aromatic rings. The maximum atomic E-state index is 11.4. The molecule has 98 valence electrons. The van der Waals surface area contributed by atoms with E-state index in [4.69, 9.17) is 23.8 Å². The third-order valence-corrected chi connectivity index (χ3v) is 3.91. The standard InChI is InChI=1S/C10H6ClN3O3S2/c11-8-2-1-7(14(16)17)3-6(8)4-12-13-9(15)5-19-10(13)18/h1-4H,5H2/b12-4+. The molecule has 6 nitrogen and oxygen atoms in total. The van der Waals surface area contributed by atoms with Gasteiger partial charge in [-0.05, 0) is 6.07 Å². The normalized spacial score (nSPS) is 15.5. The molecule has 1 aliphatic heterocycles. The fourth-order valence-electron chi connectivity index (χ4n) is 1.32. The van der Waals surface area contributed by atoms with Crippen molar-refractivity contribution in [1.29, 1.82) is 0 Å². The number of hydrogen-bond acceptors (Lipinski definition) is 6. The first-order chi connectivity index (χ1) is 8.99. The van der Waals surface area contributed by atoms with E-state index < -0.39 is 4.92 Å². The third kappa shape index (κ3) is 3.09. The van der Waals surface area contributed by atoms with Crippen LogP contribution in [0, 0.1) is 10.1 Å². The van der Waals surface area contributed by atoms with Gasteiger partial charge < -0.3 is 0 Å². The second-order valence-corrected chi connectivity index (χ2v) is 5.48. The van der Waals surface area contributed by atoms with Crippen LogP contribution >= 0.6 is 35.6 Å². The van der Waals surface area contributed by atoms with Crippen molar-refractivity contribution in [2.75, 3.05) is 5.75 Å². The van der Waals surface area contributed by atoms with E-state index in [1.165, 1.54) is 36.2 Å². The highest BCUT2D eigenvalue weighted by atomic mass is 35.5. The molecule has 0 atom stereocenters. The van der Waals surface area contributed by atoms with Crippen molar-refractivity contribution in [2.24, 2.45) is 5.10 Å². The van der Waals surface area contributed by atoms with Crippen LogP contribution in [0.1, 0.15) is 5.56 Å². The highest BCUT2D eigenvalue weighted by Gasteiger charge is 2.26. The van der Waals surface area contributed by atoms with Gasteiger partial charge in [0.1, 0.15) is 0 Å². The molecule has 1 fully saturated rings. The summed E-state index contributed by atoms with van der Waals surface area (Å²) in [5.41, 5.74) is 0.249. The molecule has 0 bridgehead atoms. The molecule has 19 heavy (non-hydrogen) atoms. The smallest absolute Gasteiger partial charge is 0.270 e. The number of carbonyl (C=O) groups excluding carboxylic acids is 1. The first kappa shape index (κ1) is 13.9. The maximum Gasteiger partial charge on any atom is 0.270 e. The number of carbonyl (C=O) groups is 1. The number of non-ortho nitro benzene ring substituents is 1. The van der Waals surface area contributed by atoms with E-state index in [-0.39, 0.29) is 17.3 Å². The molecule has 0 N–H and O–H groups in total. The zero-order chi connectivity index (χ0) is 14.0. The van der Waals surface area contributed by atoms with E-state index in [1.54, 1.807) is 0 Å². The largest absolute Gasteiger partial charge is 0.272 e. The molecule has 2 rings (SSSR count). The summed E-state index contributed by atoms with van der Waals surface area (Å²) in [5.74, 6) is 0.0200. The number of nitro groups is 1. The van der Waals surface area contributed by atoms with Crippen molar-refractivity contribution in [3.8, 4) is 0 Å². The van der Waals surface area contributed by atoms with Gasteiger partial charge in [-0.1, -0.05) is 35.6 Å². The monoisotopic (exact) mass is 315 g/mol. The third-order valence-electron chi connectivity index (χ3n) is 2.23. The molecule has 1 aliphatic rings. The van der Waals surface area contributed by atoms with Crippen molar-refractivity contribution in [3.05, 3.63) is 38.9 Å². The maximum absolute atomic E-state index is 11.4. The van der Waals surface area contributed by atoms with Crippen molar-refractivity contribution in [3.63, 3.8) is 0 Å². The minimum atomic E-state index is -0.533. The summed E-state index contributed by atoms with van der Waals surface area (Å²) in [6.07, 6.45) is 1.28. The van der Waals surface area contributed by atoms with Crippen LogP contribution in [-0.4, -0.2) is 32.1 Å². The van der Waals surface area contributed by atoms with Gasteiger partial charge in [0.25, 0.3) is 11.6 Å². The summed E-state index contributed by atoms with van der Waals surface area (Å²) in [4.78, 5) is 21.6. The number of amides is 1. The summed E-state index contributed by atoms with van der Waals surface area (Å²) in [6.45, 7) is 0. The van der Waals surface area contributed by atoms with Gasteiger partial charge >= 0.3 is 0 Å². The van der Waals surface area contributed by atoms with Crippen LogP contribution in [0.3, 0.4) is 0 Å². The molecular formula is C10H6ClN3O3S2. The summed E-state index contributed by atoms with van der Waals surface area (Å²) < 4.78 is 0.350. The lowest BCUT2D eigenvalue weighted by Gasteiger charge is -2.06. The number of hydrazone groups is 1. The Morgan fingerprint density at radius 2 is 2.32 bits per heavy atom. The predicted octanol–water partition coefficient (Wildman–Crippen LogP) is 2.44. The number of nitrogens with zero attached hydrogens (tertiary/aromatic N) is 3. The van der Waals surface area contributed by atoms with Crippen LogP contribution in [0.4, 0.5) is 5.69 Å². The molecule has 0 radical (unpaired) electrons. The number of rotatable bonds is 3. The Labute approximate surface area is 122 Å². The molecule has 1 amide bonds. The number of benzene rings is 1. The first-order valence-corrected chi connectivity index (χ1v) is 6.74. The van der Waals surface area contributed by atoms with E-state index >= 15 is 0 Å². The van der Waals surface area contributed by atoms with Gasteiger partial charge in [0.15, 0.2) is 4.32 Å². The molecule has 9 heteroatoms. The summed E-state index contributed by atoms with van der Waals surface area (Å²) in [6, 6.07) is 3.98. The second kappa shape index (κ2) is 5.64. The van der Waals surface area contributed by atoms with E-state index in [0.717, 1.165) is 5.01 Å². The Balaban J connectivity index is 2.27. The second-order valence-electron chi connectivity index (χ2n) is 3.47. The van der Waals surface area contributed by atoms with Gasteiger partial charge in [0, 0.05) is 22.7 Å². The van der Waals surface area contributed by atoms with Gasteiger partial charge in [-0.2, -0.15) is 10.1 Å². The van der Waals surface area contributed by atoms with Gasteiger partial charge in [-0.3, -0.25) is 14.9 Å². The van der Waals surface area contributed by atoms with Gasteiger partial charge in [0.05, 0.1) is 16.9 Å². The highest BCUT2D eigenvalue weighted by Crippen LogP contribution is 2.22. The summed E-state index contributed by atoms with van der Waals surface area (Å²) in [5, 5.41) is 15.9. The molecule has 0 saturated carbocycles. The zero-order valence-electron chi connectivity index (χ0n) is 9.28. The molecule has 1 aromatic carbocycles. The Morgan fingerprint density at radius 1 is 1.58 bits per heavy atom. The number of hydrogen-bond donors (Lipinski definition) is 0. The summed E-state index contributed by atoms with van der Waals surface area (Å²) >= 11 is 12.1. The molecule has 0 aromatic heterocycles. The molecule has 0 aliphatic carbocycles. The van der Waals surface area contributed by atoms with Crippen LogP contribution in [0.15, 0.2) is 23.3 Å². The fourth-order valence-corrected chi connectivity index (χ4v) is 2.46. The molecule has 0 spiro atoms. The quantitative estimate of drug-likeness (QED) is 0.370. The SMILES string of the molecule is O=C1CSC(=S)N1/N=C/c1cc([N+](=O)[O-])ccc1Cl. The van der Waals surface area contributed by atoms with E-state index in [9.17, 15) is 14.9 Å². The molecular weight excluding hydrogens is 310 g/mol. The molecule has 1 saturated heterocycles. The van der Waals surface area contributed by atoms with Crippen molar-refractivity contribution in [1.82, 2.24) is 5.01 Å². The van der Waals surface area contributed by atoms with Gasteiger partial charge in [-0.15, -0.1) is 0 Å². The van der Waals surface area contributed by atoms with Crippen LogP contribution < -0.4 is 0 Å². The van der Waals surface area contributed by atoms with Crippen LogP contribution in [-0.2, 0) is 4.79 Å². The Morgan fingerprint density at radius 3 is 2.89 bits per heavy atom. The molecule has 1 heterocycles. The number of halogens is 1. The average molecular weight is 316 g/mol.